The van der Waals surface area contributed by atoms with E-state index in [9.17, 15) is 0 Å². The number of nitrogens with zero attached hydrogens (tertiary/aromatic N) is 4. The van der Waals surface area contributed by atoms with Crippen molar-refractivity contribution in [3.63, 3.8) is 0 Å². The van der Waals surface area contributed by atoms with E-state index in [2.05, 4.69) is 54.7 Å². The third kappa shape index (κ3) is 7.67. The molecule has 1 saturated heterocycles. The fraction of sp³-hybridized carbons (Fsp3) is 0.545. The number of rotatable bonds is 8. The van der Waals surface area contributed by atoms with E-state index in [0.29, 0.717) is 6.54 Å². The highest BCUT2D eigenvalue weighted by atomic mass is 127. The van der Waals surface area contributed by atoms with Crippen LogP contribution in [0.15, 0.2) is 34.6 Å². The number of aromatic nitrogens is 1. The second kappa shape index (κ2) is 13.3. The summed E-state index contributed by atoms with van der Waals surface area (Å²) >= 11 is 1.64. The number of hydrogen-bond acceptors (Lipinski definition) is 6. The number of nitrogens with one attached hydrogen (secondary N) is 1. The molecule has 2 aromatic rings. The van der Waals surface area contributed by atoms with Crippen LogP contribution >= 0.6 is 35.3 Å². The Hall–Kier alpha value is -1.27. The average molecular weight is 560 g/mol. The van der Waals surface area contributed by atoms with E-state index >= 15 is 0 Å². The number of aliphatic imine (C=N–C) groups is 1. The van der Waals surface area contributed by atoms with Crippen LogP contribution in [0.25, 0.3) is 0 Å². The topological polar surface area (TPSA) is 62.2 Å². The minimum Gasteiger partial charge on any atom is -0.379 e. The van der Waals surface area contributed by atoms with Gasteiger partial charge in [0.1, 0.15) is 11.1 Å². The summed E-state index contributed by atoms with van der Waals surface area (Å²) in [5.41, 5.74) is 3.67. The highest BCUT2D eigenvalue weighted by Crippen LogP contribution is 2.21. The molecule has 1 aromatic carbocycles. The van der Waals surface area contributed by atoms with Gasteiger partial charge in [-0.25, -0.2) is 4.98 Å². The molecule has 1 N–H and O–H groups in total. The standard InChI is InChI=1S/C22H33N5O2S.HI/c1-17(28-4)21-25-20(16-30-21)15-26(3)22(23-2)24-13-18-7-5-6-8-19(18)14-27-9-11-29-12-10-27;/h5-8,16-17H,9-15H2,1-4H3,(H,23,24);1H. The maximum absolute atomic E-state index is 5.47. The summed E-state index contributed by atoms with van der Waals surface area (Å²) in [6.45, 7) is 8.02. The van der Waals surface area contributed by atoms with Crippen molar-refractivity contribution < 1.29 is 9.47 Å². The predicted molar refractivity (Wildman–Crippen MR) is 137 cm³/mol. The van der Waals surface area contributed by atoms with Crippen LogP contribution in [0.1, 0.15) is 34.9 Å². The van der Waals surface area contributed by atoms with Crippen LogP contribution in [0.2, 0.25) is 0 Å². The molecule has 0 spiro atoms. The first-order chi connectivity index (χ1) is 14.6. The lowest BCUT2D eigenvalue weighted by Gasteiger charge is -2.27. The van der Waals surface area contributed by atoms with Crippen molar-refractivity contribution in [1.29, 1.82) is 0 Å². The van der Waals surface area contributed by atoms with E-state index in [1.165, 1.54) is 11.1 Å². The van der Waals surface area contributed by atoms with Gasteiger partial charge in [-0.2, -0.15) is 0 Å². The summed E-state index contributed by atoms with van der Waals surface area (Å²) in [6, 6.07) is 8.61. The first kappa shape index (κ1) is 26.0. The molecule has 9 heteroatoms. The first-order valence-electron chi connectivity index (χ1n) is 10.4. The Bertz CT molecular complexity index is 826. The van der Waals surface area contributed by atoms with Crippen LogP contribution in [-0.4, -0.2) is 68.3 Å². The number of guanidine groups is 1. The van der Waals surface area contributed by atoms with Crippen molar-refractivity contribution in [2.24, 2.45) is 4.99 Å². The molecule has 3 rings (SSSR count). The fourth-order valence-corrected chi connectivity index (χ4v) is 4.29. The Morgan fingerprint density at radius 3 is 2.71 bits per heavy atom. The van der Waals surface area contributed by atoms with Crippen molar-refractivity contribution in [3.8, 4) is 0 Å². The van der Waals surface area contributed by atoms with Gasteiger partial charge in [0.2, 0.25) is 0 Å². The zero-order valence-corrected chi connectivity index (χ0v) is 22.0. The summed E-state index contributed by atoms with van der Waals surface area (Å²) < 4.78 is 10.8. The second-order valence-electron chi connectivity index (χ2n) is 7.47. The van der Waals surface area contributed by atoms with Gasteiger partial charge in [-0.3, -0.25) is 9.89 Å². The van der Waals surface area contributed by atoms with E-state index in [1.54, 1.807) is 18.4 Å². The number of halogens is 1. The Balaban J connectivity index is 0.00000341. The summed E-state index contributed by atoms with van der Waals surface area (Å²) in [4.78, 5) is 13.7. The first-order valence-corrected chi connectivity index (χ1v) is 11.2. The van der Waals surface area contributed by atoms with E-state index < -0.39 is 0 Å². The van der Waals surface area contributed by atoms with E-state index in [0.717, 1.165) is 56.1 Å². The molecule has 0 aliphatic carbocycles. The lowest BCUT2D eigenvalue weighted by atomic mass is 10.1. The van der Waals surface area contributed by atoms with Crippen LogP contribution in [0.3, 0.4) is 0 Å². The van der Waals surface area contributed by atoms with Gasteiger partial charge in [0.15, 0.2) is 5.96 Å². The third-order valence-electron chi connectivity index (χ3n) is 5.30. The highest BCUT2D eigenvalue weighted by Gasteiger charge is 2.15. The van der Waals surface area contributed by atoms with Gasteiger partial charge >= 0.3 is 0 Å². The zero-order valence-electron chi connectivity index (χ0n) is 18.8. The highest BCUT2D eigenvalue weighted by molar-refractivity contribution is 14.0. The minimum atomic E-state index is 0. The largest absolute Gasteiger partial charge is 0.379 e. The molecule has 172 valence electrons. The number of thiazole rings is 1. The number of ether oxygens (including phenoxy) is 2. The molecule has 1 aromatic heterocycles. The number of benzene rings is 1. The number of hydrogen-bond donors (Lipinski definition) is 1. The Kier molecular flexibility index (Phi) is 11.2. The minimum absolute atomic E-state index is 0. The van der Waals surface area contributed by atoms with Gasteiger partial charge in [0, 0.05) is 52.8 Å². The molecule has 2 heterocycles. The SMILES string of the molecule is CN=C(NCc1ccccc1CN1CCOCC1)N(C)Cc1csc(C(C)OC)n1.I. The molecule has 0 bridgehead atoms. The fourth-order valence-electron chi connectivity index (χ4n) is 3.44. The summed E-state index contributed by atoms with van der Waals surface area (Å²) in [7, 11) is 5.56. The smallest absolute Gasteiger partial charge is 0.194 e. The van der Waals surface area contributed by atoms with Gasteiger partial charge in [0.05, 0.1) is 25.5 Å². The van der Waals surface area contributed by atoms with Crippen LogP contribution in [0.4, 0.5) is 0 Å². The monoisotopic (exact) mass is 559 g/mol. The molecule has 31 heavy (non-hydrogen) atoms. The summed E-state index contributed by atoms with van der Waals surface area (Å²) in [5.74, 6) is 0.852. The van der Waals surface area contributed by atoms with Crippen molar-refractivity contribution in [2.45, 2.75) is 32.7 Å². The molecule has 1 aliphatic rings. The molecule has 1 atom stereocenters. The quantitative estimate of drug-likeness (QED) is 0.304. The molecule has 0 amide bonds. The Morgan fingerprint density at radius 2 is 2.03 bits per heavy atom. The molecule has 1 unspecified atom stereocenters. The van der Waals surface area contributed by atoms with Crippen molar-refractivity contribution in [2.75, 3.05) is 47.5 Å². The van der Waals surface area contributed by atoms with Crippen molar-refractivity contribution in [1.82, 2.24) is 20.1 Å². The van der Waals surface area contributed by atoms with Gasteiger partial charge in [-0.05, 0) is 18.1 Å². The van der Waals surface area contributed by atoms with Crippen LogP contribution in [0.5, 0.6) is 0 Å². The van der Waals surface area contributed by atoms with Crippen LogP contribution < -0.4 is 5.32 Å². The molecular weight excluding hydrogens is 525 g/mol. The number of methoxy groups -OCH3 is 1. The van der Waals surface area contributed by atoms with E-state index in [1.807, 2.05) is 21.0 Å². The Labute approximate surface area is 206 Å². The normalized spacial score (nSPS) is 15.9. The Morgan fingerprint density at radius 1 is 1.32 bits per heavy atom. The molecule has 0 saturated carbocycles. The van der Waals surface area contributed by atoms with Crippen LogP contribution in [-0.2, 0) is 29.1 Å². The summed E-state index contributed by atoms with van der Waals surface area (Å²) in [6.07, 6.45) is 0.0226. The molecule has 7 nitrogen and oxygen atoms in total. The van der Waals surface area contributed by atoms with Gasteiger partial charge in [-0.15, -0.1) is 35.3 Å². The van der Waals surface area contributed by atoms with E-state index in [-0.39, 0.29) is 30.1 Å². The van der Waals surface area contributed by atoms with Gasteiger partial charge in [-0.1, -0.05) is 24.3 Å². The van der Waals surface area contributed by atoms with Crippen molar-refractivity contribution in [3.05, 3.63) is 51.5 Å². The maximum atomic E-state index is 5.47. The predicted octanol–water partition coefficient (Wildman–Crippen LogP) is 3.51. The zero-order chi connectivity index (χ0) is 21.3. The average Bonchev–Trinajstić information content (AvgIpc) is 3.24. The molecule has 1 fully saturated rings. The molecule has 0 radical (unpaired) electrons. The lowest BCUT2D eigenvalue weighted by molar-refractivity contribution is 0.0341. The number of morpholine rings is 1. The summed E-state index contributed by atoms with van der Waals surface area (Å²) in [5, 5.41) is 6.60. The third-order valence-corrected chi connectivity index (χ3v) is 6.35. The van der Waals surface area contributed by atoms with Crippen molar-refractivity contribution >= 4 is 41.3 Å². The molecule has 1 aliphatic heterocycles. The van der Waals surface area contributed by atoms with Gasteiger partial charge < -0.3 is 19.7 Å². The lowest BCUT2D eigenvalue weighted by Crippen LogP contribution is -2.39. The van der Waals surface area contributed by atoms with E-state index in [4.69, 9.17) is 9.47 Å². The van der Waals surface area contributed by atoms with Gasteiger partial charge in [0.25, 0.3) is 0 Å². The molecular formula is C22H34IN5O2S. The van der Waals surface area contributed by atoms with Crippen LogP contribution in [0, 0.1) is 0 Å². The maximum Gasteiger partial charge on any atom is 0.194 e. The second-order valence-corrected chi connectivity index (χ2v) is 8.36.